The number of aromatic nitrogens is 2. The van der Waals surface area contributed by atoms with Crippen LogP contribution in [0, 0.1) is 5.41 Å². The van der Waals surface area contributed by atoms with E-state index in [1.165, 1.54) is 37.8 Å². The molecule has 1 spiro atoms. The Morgan fingerprint density at radius 2 is 1.97 bits per heavy atom. The number of aliphatic hydroxyl groups is 1. The average molecular weight is 509 g/mol. The van der Waals surface area contributed by atoms with Crippen molar-refractivity contribution in [2.24, 2.45) is 5.41 Å². The van der Waals surface area contributed by atoms with Gasteiger partial charge >= 0.3 is 19.4 Å². The summed E-state index contributed by atoms with van der Waals surface area (Å²) in [4.78, 5) is 38.1. The summed E-state index contributed by atoms with van der Waals surface area (Å²) in [6.07, 6.45) is -0.350. The Bertz CT molecular complexity index is 1240. The van der Waals surface area contributed by atoms with Gasteiger partial charge in [0.1, 0.15) is 23.6 Å². The standard InChI is InChI=1S/C22H28N3O9P/c1-21(2,19(28)31-3)24-35(30,34-14-7-5-4-6-8-14)32-13-15-17(27)22(10-11-22)18(33-15)25-12-9-16(26)23-20(25)29/h4-9,12,15,17-18,27H,10-11,13H2,1-3H3,(H,24,30)(H,23,26,29)/t15-,17-,18-,35?/m1/s1. The number of hydrogen-bond donors (Lipinski definition) is 3. The molecule has 0 radical (unpaired) electrons. The predicted molar refractivity (Wildman–Crippen MR) is 123 cm³/mol. The highest BCUT2D eigenvalue weighted by Gasteiger charge is 2.64. The monoisotopic (exact) mass is 509 g/mol. The summed E-state index contributed by atoms with van der Waals surface area (Å²) in [6.45, 7) is 2.55. The Hall–Kier alpha value is -2.76. The van der Waals surface area contributed by atoms with Crippen LogP contribution in [0.15, 0.2) is 52.2 Å². The molecule has 4 rings (SSSR count). The Labute approximate surface area is 200 Å². The molecule has 1 aliphatic heterocycles. The van der Waals surface area contributed by atoms with E-state index >= 15 is 0 Å². The quantitative estimate of drug-likeness (QED) is 0.332. The Kier molecular flexibility index (Phi) is 6.78. The second-order valence-corrected chi connectivity index (χ2v) is 10.8. The normalized spacial score (nSPS) is 24.6. The Morgan fingerprint density at radius 1 is 1.29 bits per heavy atom. The molecule has 2 fully saturated rings. The molecule has 2 aromatic rings. The highest BCUT2D eigenvalue weighted by atomic mass is 31.2. The number of aliphatic hydroxyl groups excluding tert-OH is 1. The first kappa shape index (κ1) is 25.3. The molecule has 13 heteroatoms. The molecule has 1 aromatic heterocycles. The number of methoxy groups -OCH3 is 1. The van der Waals surface area contributed by atoms with E-state index in [2.05, 4.69) is 10.1 Å². The zero-order valence-electron chi connectivity index (χ0n) is 19.5. The molecule has 12 nitrogen and oxygen atoms in total. The van der Waals surface area contributed by atoms with Gasteiger partial charge in [0.05, 0.1) is 19.8 Å². The Morgan fingerprint density at radius 3 is 2.57 bits per heavy atom. The molecule has 2 aliphatic rings. The molecule has 0 amide bonds. The van der Waals surface area contributed by atoms with Gasteiger partial charge in [0, 0.05) is 17.7 Å². The van der Waals surface area contributed by atoms with Crippen LogP contribution in [0.5, 0.6) is 5.75 Å². The van der Waals surface area contributed by atoms with E-state index < -0.39 is 54.4 Å². The van der Waals surface area contributed by atoms with Gasteiger partial charge in [0.2, 0.25) is 0 Å². The lowest BCUT2D eigenvalue weighted by Gasteiger charge is -2.29. The first-order valence-corrected chi connectivity index (χ1v) is 12.6. The van der Waals surface area contributed by atoms with Crippen LogP contribution in [-0.2, 0) is 23.4 Å². The van der Waals surface area contributed by atoms with Gasteiger partial charge in [0.25, 0.3) is 5.56 Å². The van der Waals surface area contributed by atoms with E-state index in [0.29, 0.717) is 12.8 Å². The maximum absolute atomic E-state index is 13.7. The van der Waals surface area contributed by atoms with Crippen molar-refractivity contribution in [1.82, 2.24) is 14.6 Å². The minimum atomic E-state index is -4.20. The highest BCUT2D eigenvalue weighted by molar-refractivity contribution is 7.52. The van der Waals surface area contributed by atoms with Crippen molar-refractivity contribution in [2.45, 2.75) is 50.7 Å². The number of aromatic amines is 1. The molecular formula is C22H28N3O9P. The SMILES string of the molecule is COC(=O)C(C)(C)NP(=O)(OC[C@H]1O[C@@H](n2ccc(=O)[nH]c2=O)C2(CC2)[C@@H]1O)Oc1ccccc1. The smallest absolute Gasteiger partial charge is 0.459 e. The molecule has 1 saturated carbocycles. The van der Waals surface area contributed by atoms with Crippen LogP contribution in [0.3, 0.4) is 0 Å². The minimum absolute atomic E-state index is 0.230. The summed E-state index contributed by atoms with van der Waals surface area (Å²) >= 11 is 0. The summed E-state index contributed by atoms with van der Waals surface area (Å²) in [5, 5.41) is 13.6. The number of nitrogens with one attached hydrogen (secondary N) is 2. The van der Waals surface area contributed by atoms with Gasteiger partial charge < -0.3 is 19.1 Å². The molecule has 2 heterocycles. The predicted octanol–water partition coefficient (Wildman–Crippen LogP) is 1.32. The highest BCUT2D eigenvalue weighted by Crippen LogP contribution is 2.62. The van der Waals surface area contributed by atoms with E-state index in [4.69, 9.17) is 18.5 Å². The van der Waals surface area contributed by atoms with Gasteiger partial charge in [-0.1, -0.05) is 18.2 Å². The van der Waals surface area contributed by atoms with Crippen molar-refractivity contribution in [2.75, 3.05) is 13.7 Å². The fourth-order valence-electron chi connectivity index (χ4n) is 4.18. The summed E-state index contributed by atoms with van der Waals surface area (Å²) in [5.41, 5.74) is -3.38. The molecule has 1 unspecified atom stereocenters. The largest absolute Gasteiger partial charge is 0.468 e. The third kappa shape index (κ3) is 5.12. The van der Waals surface area contributed by atoms with Crippen molar-refractivity contribution in [3.8, 4) is 5.75 Å². The number of ether oxygens (including phenoxy) is 2. The number of carbonyl (C=O) groups excluding carboxylic acids is 1. The fourth-order valence-corrected chi connectivity index (χ4v) is 5.86. The molecule has 0 bridgehead atoms. The van der Waals surface area contributed by atoms with Crippen LogP contribution in [-0.4, -0.2) is 52.1 Å². The summed E-state index contributed by atoms with van der Waals surface area (Å²) in [5.74, 6) is -0.460. The van der Waals surface area contributed by atoms with E-state index in [1.54, 1.807) is 30.3 Å². The van der Waals surface area contributed by atoms with Crippen LogP contribution < -0.4 is 20.9 Å². The van der Waals surface area contributed by atoms with E-state index in [9.17, 15) is 24.1 Å². The number of H-pyrrole nitrogens is 1. The average Bonchev–Trinajstić information content (AvgIpc) is 3.56. The Balaban J connectivity index is 1.55. The topological polar surface area (TPSA) is 158 Å². The van der Waals surface area contributed by atoms with E-state index in [1.807, 2.05) is 0 Å². The first-order valence-electron chi connectivity index (χ1n) is 11.0. The number of esters is 1. The number of hydrogen-bond acceptors (Lipinski definition) is 9. The number of benzene rings is 1. The molecule has 3 N–H and O–H groups in total. The van der Waals surface area contributed by atoms with Crippen molar-refractivity contribution in [3.05, 3.63) is 63.4 Å². The number of carbonyl (C=O) groups is 1. The van der Waals surface area contributed by atoms with Crippen molar-refractivity contribution >= 4 is 13.7 Å². The first-order chi connectivity index (χ1) is 16.5. The molecule has 1 saturated heterocycles. The van der Waals surface area contributed by atoms with Gasteiger partial charge in [-0.15, -0.1) is 0 Å². The van der Waals surface area contributed by atoms with E-state index in [-0.39, 0.29) is 12.4 Å². The van der Waals surface area contributed by atoms with Gasteiger partial charge in [-0.3, -0.25) is 23.7 Å². The van der Waals surface area contributed by atoms with Crippen LogP contribution in [0.2, 0.25) is 0 Å². The summed E-state index contributed by atoms with van der Waals surface area (Å²) in [7, 11) is -3.00. The van der Waals surface area contributed by atoms with Crippen molar-refractivity contribution in [3.63, 3.8) is 0 Å². The third-order valence-electron chi connectivity index (χ3n) is 6.16. The second kappa shape index (κ2) is 9.36. The van der Waals surface area contributed by atoms with Crippen molar-refractivity contribution in [1.29, 1.82) is 0 Å². The third-order valence-corrected chi connectivity index (χ3v) is 7.93. The molecule has 4 atom stereocenters. The zero-order valence-corrected chi connectivity index (χ0v) is 20.4. The molecule has 190 valence electrons. The summed E-state index contributed by atoms with van der Waals surface area (Å²) < 4.78 is 36.9. The maximum atomic E-state index is 13.7. The van der Waals surface area contributed by atoms with Gasteiger partial charge in [-0.05, 0) is 38.8 Å². The van der Waals surface area contributed by atoms with E-state index in [0.717, 1.165) is 0 Å². The maximum Gasteiger partial charge on any atom is 0.459 e. The fraction of sp³-hybridized carbons (Fsp3) is 0.500. The number of nitrogens with zero attached hydrogens (tertiary/aromatic N) is 1. The minimum Gasteiger partial charge on any atom is -0.468 e. The molecule has 1 aromatic carbocycles. The van der Waals surface area contributed by atoms with Crippen molar-refractivity contribution < 1.29 is 33.0 Å². The number of rotatable bonds is 9. The van der Waals surface area contributed by atoms with Crippen LogP contribution in [0.25, 0.3) is 0 Å². The molecule has 35 heavy (non-hydrogen) atoms. The second-order valence-electron chi connectivity index (χ2n) is 9.15. The lowest BCUT2D eigenvalue weighted by molar-refractivity contribution is -0.146. The lowest BCUT2D eigenvalue weighted by atomic mass is 9.96. The van der Waals surface area contributed by atoms with Crippen LogP contribution >= 0.6 is 7.75 Å². The van der Waals surface area contributed by atoms with Crippen LogP contribution in [0.4, 0.5) is 0 Å². The zero-order chi connectivity index (χ0) is 25.4. The molecule has 1 aliphatic carbocycles. The lowest BCUT2D eigenvalue weighted by Crippen LogP contribution is -2.47. The van der Waals surface area contributed by atoms with Gasteiger partial charge in [-0.25, -0.2) is 9.36 Å². The summed E-state index contributed by atoms with van der Waals surface area (Å²) in [6, 6.07) is 9.44. The van der Waals surface area contributed by atoms with Gasteiger partial charge in [-0.2, -0.15) is 5.09 Å². The van der Waals surface area contributed by atoms with Crippen LogP contribution in [0.1, 0.15) is 32.9 Å². The molecular weight excluding hydrogens is 481 g/mol. The number of para-hydroxylation sites is 1. The van der Waals surface area contributed by atoms with Gasteiger partial charge in [0.15, 0.2) is 0 Å².